The topological polar surface area (TPSA) is 106 Å². The van der Waals surface area contributed by atoms with E-state index in [1.165, 1.54) is 17.3 Å². The number of anilines is 1. The molecule has 1 aromatic heterocycles. The van der Waals surface area contributed by atoms with Crippen LogP contribution < -0.4 is 14.8 Å². The third-order valence-corrected chi connectivity index (χ3v) is 10.1. The Labute approximate surface area is 196 Å². The van der Waals surface area contributed by atoms with E-state index in [2.05, 4.69) is 46.7 Å². The van der Waals surface area contributed by atoms with Gasteiger partial charge in [0, 0.05) is 40.0 Å². The SMILES string of the molecule is O=C(Nc1c2c(cc3c1CC3)CC2)NS(=O)(=O)c1cnn2c1OCC1(CN(SI)C1)C2. The Hall–Kier alpha value is -1.51. The van der Waals surface area contributed by atoms with Gasteiger partial charge in [0.25, 0.3) is 10.0 Å². The molecule has 2 aliphatic carbocycles. The number of aryl methyl sites for hydroxylation is 2. The zero-order chi connectivity index (χ0) is 21.4. The molecule has 1 fully saturated rings. The number of urea groups is 1. The van der Waals surface area contributed by atoms with E-state index in [0.717, 1.165) is 55.6 Å². The molecule has 6 rings (SSSR count). The third-order valence-electron chi connectivity index (χ3n) is 6.65. The van der Waals surface area contributed by atoms with Crippen LogP contribution in [0.5, 0.6) is 5.88 Å². The first-order chi connectivity index (χ1) is 14.9. The molecule has 3 heterocycles. The van der Waals surface area contributed by atoms with Gasteiger partial charge in [0.1, 0.15) is 0 Å². The predicted octanol–water partition coefficient (Wildman–Crippen LogP) is 2.28. The van der Waals surface area contributed by atoms with Crippen LogP contribution in [-0.2, 0) is 42.3 Å². The molecule has 31 heavy (non-hydrogen) atoms. The van der Waals surface area contributed by atoms with Gasteiger partial charge in [-0.1, -0.05) is 6.07 Å². The van der Waals surface area contributed by atoms with Crippen LogP contribution in [0.25, 0.3) is 0 Å². The molecular formula is C19H20IN5O4S2. The molecule has 2 aromatic rings. The summed E-state index contributed by atoms with van der Waals surface area (Å²) in [5.74, 6) is 0.194. The molecule has 2 aliphatic heterocycles. The number of hydrogen-bond donors (Lipinski definition) is 2. The van der Waals surface area contributed by atoms with E-state index in [9.17, 15) is 13.2 Å². The van der Waals surface area contributed by atoms with Gasteiger partial charge in [-0.25, -0.2) is 26.9 Å². The van der Waals surface area contributed by atoms with Crippen LogP contribution in [-0.4, -0.2) is 48.2 Å². The van der Waals surface area contributed by atoms with Crippen molar-refractivity contribution in [1.82, 2.24) is 18.8 Å². The van der Waals surface area contributed by atoms with Crippen LogP contribution in [0, 0.1) is 5.41 Å². The van der Waals surface area contributed by atoms with E-state index in [4.69, 9.17) is 4.74 Å². The van der Waals surface area contributed by atoms with Crippen molar-refractivity contribution >= 4 is 52.1 Å². The molecule has 0 atom stereocenters. The Morgan fingerprint density at radius 1 is 1.16 bits per heavy atom. The first-order valence-electron chi connectivity index (χ1n) is 10.1. The number of carbonyl (C=O) groups is 1. The number of fused-ring (bicyclic) bond motifs is 3. The second-order valence-corrected chi connectivity index (χ2v) is 12.2. The summed E-state index contributed by atoms with van der Waals surface area (Å²) < 4.78 is 37.6. The summed E-state index contributed by atoms with van der Waals surface area (Å²) in [6.07, 6.45) is 5.09. The highest BCUT2D eigenvalue weighted by molar-refractivity contribution is 14.2. The molecular weight excluding hydrogens is 553 g/mol. The van der Waals surface area contributed by atoms with E-state index in [0.29, 0.717) is 13.2 Å². The van der Waals surface area contributed by atoms with Gasteiger partial charge in [-0.15, -0.1) is 0 Å². The number of benzene rings is 1. The molecule has 1 spiro atoms. The molecule has 0 bridgehead atoms. The summed E-state index contributed by atoms with van der Waals surface area (Å²) in [5.41, 5.74) is 5.50. The fourth-order valence-corrected chi connectivity index (χ4v) is 7.33. The highest BCUT2D eigenvalue weighted by atomic mass is 127. The molecule has 0 saturated carbocycles. The summed E-state index contributed by atoms with van der Waals surface area (Å²) in [6.45, 7) is 2.77. The molecule has 12 heteroatoms. The van der Waals surface area contributed by atoms with Gasteiger partial charge in [-0.2, -0.15) is 5.10 Å². The smallest absolute Gasteiger partial charge is 0.333 e. The van der Waals surface area contributed by atoms with Crippen molar-refractivity contribution in [2.24, 2.45) is 5.41 Å². The number of ether oxygens (including phenoxy) is 1. The lowest BCUT2D eigenvalue weighted by Gasteiger charge is -2.49. The maximum Gasteiger partial charge on any atom is 0.333 e. The van der Waals surface area contributed by atoms with Gasteiger partial charge in [-0.3, -0.25) is 0 Å². The van der Waals surface area contributed by atoms with Crippen LogP contribution in [0.1, 0.15) is 22.3 Å². The van der Waals surface area contributed by atoms with E-state index in [-0.39, 0.29) is 16.2 Å². The number of halogens is 1. The van der Waals surface area contributed by atoms with Crippen molar-refractivity contribution in [3.05, 3.63) is 34.5 Å². The minimum Gasteiger partial charge on any atom is -0.476 e. The highest BCUT2D eigenvalue weighted by Gasteiger charge is 2.48. The van der Waals surface area contributed by atoms with Crippen LogP contribution in [0.15, 0.2) is 17.2 Å². The van der Waals surface area contributed by atoms with E-state index in [1.54, 1.807) is 13.8 Å². The Kier molecular flexibility index (Phi) is 4.54. The normalized spacial score (nSPS) is 20.3. The summed E-state index contributed by atoms with van der Waals surface area (Å²) in [5, 5.41) is 7.02. The number of nitrogens with one attached hydrogen (secondary N) is 2. The lowest BCUT2D eigenvalue weighted by Crippen LogP contribution is -2.59. The second kappa shape index (κ2) is 6.99. The molecule has 1 aromatic carbocycles. The average molecular weight is 573 g/mol. The largest absolute Gasteiger partial charge is 0.476 e. The van der Waals surface area contributed by atoms with Crippen LogP contribution in [0.2, 0.25) is 0 Å². The first kappa shape index (κ1) is 20.1. The molecule has 164 valence electrons. The summed E-state index contributed by atoms with van der Waals surface area (Å²) in [6, 6.07) is 1.45. The van der Waals surface area contributed by atoms with Crippen LogP contribution in [0.4, 0.5) is 10.5 Å². The number of amides is 2. The highest BCUT2D eigenvalue weighted by Crippen LogP contribution is 2.43. The fraction of sp³-hybridized carbons (Fsp3) is 0.474. The summed E-state index contributed by atoms with van der Waals surface area (Å²) in [7, 11) is -2.46. The van der Waals surface area contributed by atoms with Crippen molar-refractivity contribution in [3.63, 3.8) is 0 Å². The van der Waals surface area contributed by atoms with E-state index < -0.39 is 16.1 Å². The summed E-state index contributed by atoms with van der Waals surface area (Å²) >= 11 is 2.25. The lowest BCUT2D eigenvalue weighted by molar-refractivity contribution is -0.0219. The van der Waals surface area contributed by atoms with Crippen LogP contribution >= 0.6 is 30.3 Å². The quantitative estimate of drug-likeness (QED) is 0.427. The first-order valence-corrected chi connectivity index (χ1v) is 14.9. The fourth-order valence-electron chi connectivity index (χ4n) is 4.86. The van der Waals surface area contributed by atoms with Gasteiger partial charge < -0.3 is 10.1 Å². The van der Waals surface area contributed by atoms with Gasteiger partial charge >= 0.3 is 6.03 Å². The molecule has 1 saturated heterocycles. The minimum atomic E-state index is -4.12. The van der Waals surface area contributed by atoms with Gasteiger partial charge in [0.05, 0.1) is 24.8 Å². The van der Waals surface area contributed by atoms with Crippen LogP contribution in [0.3, 0.4) is 0 Å². The monoisotopic (exact) mass is 573 g/mol. The second-order valence-electron chi connectivity index (χ2n) is 8.71. The minimum absolute atomic E-state index is 0.0416. The number of carbonyl (C=O) groups excluding carboxylic acids is 1. The maximum atomic E-state index is 12.9. The molecule has 2 N–H and O–H groups in total. The number of rotatable bonds is 4. The van der Waals surface area contributed by atoms with Crippen molar-refractivity contribution in [1.29, 1.82) is 0 Å². The van der Waals surface area contributed by atoms with Crippen molar-refractivity contribution < 1.29 is 17.9 Å². The molecule has 4 aliphatic rings. The molecule has 9 nitrogen and oxygen atoms in total. The average Bonchev–Trinajstić information content (AvgIpc) is 3.06. The molecule has 2 amide bonds. The van der Waals surface area contributed by atoms with Gasteiger partial charge in [-0.05, 0) is 57.1 Å². The van der Waals surface area contributed by atoms with Crippen molar-refractivity contribution in [3.8, 4) is 5.88 Å². The molecule has 0 radical (unpaired) electrons. The van der Waals surface area contributed by atoms with Crippen molar-refractivity contribution in [2.45, 2.75) is 37.1 Å². The van der Waals surface area contributed by atoms with E-state index in [1.807, 2.05) is 0 Å². The third kappa shape index (κ3) is 3.16. The predicted molar refractivity (Wildman–Crippen MR) is 124 cm³/mol. The Morgan fingerprint density at radius 3 is 2.48 bits per heavy atom. The Bertz CT molecular complexity index is 1190. The number of hydrogen-bond acceptors (Lipinski definition) is 7. The van der Waals surface area contributed by atoms with Gasteiger partial charge in [0.15, 0.2) is 4.90 Å². The van der Waals surface area contributed by atoms with Gasteiger partial charge in [0.2, 0.25) is 5.88 Å². The molecule has 0 unspecified atom stereocenters. The lowest BCUT2D eigenvalue weighted by atomic mass is 9.76. The zero-order valence-electron chi connectivity index (χ0n) is 16.5. The number of sulfonamides is 1. The van der Waals surface area contributed by atoms with Crippen molar-refractivity contribution in [2.75, 3.05) is 25.0 Å². The standard InChI is InChI=1S/C19H20IN5O4S2/c20-30-24-7-19(8-24)9-25-17(29-10-19)15(6-21-25)31(27,28)23-18(26)22-16-13-3-1-11(13)5-12-2-4-14(12)16/h5-6H,1-4,7-10H2,(H2,22,23,26). The number of aromatic nitrogens is 2. The Morgan fingerprint density at radius 2 is 1.87 bits per heavy atom. The zero-order valence-corrected chi connectivity index (χ0v) is 20.3. The summed E-state index contributed by atoms with van der Waals surface area (Å²) in [4.78, 5) is 12.5. The van der Waals surface area contributed by atoms with E-state index >= 15 is 0 Å². The Balaban J connectivity index is 1.19. The number of nitrogens with zero attached hydrogens (tertiary/aromatic N) is 3. The maximum absolute atomic E-state index is 12.9.